The Morgan fingerprint density at radius 3 is 2.58 bits per heavy atom. The number of aryl methyl sites for hydroxylation is 2. The van der Waals surface area contributed by atoms with Crippen molar-refractivity contribution in [3.8, 4) is 5.40 Å². The maximum absolute atomic E-state index is 8.63. The van der Waals surface area contributed by atoms with Gasteiger partial charge in [0.25, 0.3) is 0 Å². The van der Waals surface area contributed by atoms with Crippen LogP contribution in [0.4, 0.5) is 0 Å². The first-order valence-electron chi connectivity index (χ1n) is 6.14. The molecule has 1 aromatic heterocycles. The van der Waals surface area contributed by atoms with Crippen molar-refractivity contribution < 1.29 is 0 Å². The monoisotopic (exact) mass is 322 g/mol. The molecule has 0 unspecified atom stereocenters. The zero-order valence-corrected chi connectivity index (χ0v) is 13.5. The van der Waals surface area contributed by atoms with Gasteiger partial charge in [-0.05, 0) is 60.6 Å². The Bertz CT molecular complexity index is 586. The number of thioether (sulfide) groups is 1. The third-order valence-corrected chi connectivity index (χ3v) is 7.60. The minimum atomic E-state index is 1.01. The molecule has 1 aromatic carbocycles. The van der Waals surface area contributed by atoms with E-state index in [0.29, 0.717) is 0 Å². The van der Waals surface area contributed by atoms with Gasteiger partial charge in [-0.1, -0.05) is 0 Å². The van der Waals surface area contributed by atoms with E-state index in [-0.39, 0.29) is 0 Å². The van der Waals surface area contributed by atoms with Gasteiger partial charge < -0.3 is 0 Å². The van der Waals surface area contributed by atoms with Crippen LogP contribution >= 0.6 is 46.2 Å². The molecule has 0 fully saturated rings. The fraction of sp³-hybridized carbons (Fsp3) is 0.286. The summed E-state index contributed by atoms with van der Waals surface area (Å²) in [5.41, 5.74) is 0. The number of thiocyanates is 1. The van der Waals surface area contributed by atoms with Crippen LogP contribution in [0.3, 0.4) is 0 Å². The summed E-state index contributed by atoms with van der Waals surface area (Å²) in [7, 11) is 0. The number of hydrogen-bond donors (Lipinski definition) is 0. The Morgan fingerprint density at radius 1 is 1.11 bits per heavy atom. The van der Waals surface area contributed by atoms with Crippen LogP contribution in [0.5, 0.6) is 0 Å². The summed E-state index contributed by atoms with van der Waals surface area (Å²) in [6, 6.07) is 8.26. The second-order valence-corrected chi connectivity index (χ2v) is 9.20. The van der Waals surface area contributed by atoms with Crippen LogP contribution in [0.1, 0.15) is 22.6 Å². The fourth-order valence-corrected chi connectivity index (χ4v) is 6.76. The molecule has 2 aromatic rings. The van der Waals surface area contributed by atoms with Gasteiger partial charge in [-0.2, -0.15) is 5.26 Å². The van der Waals surface area contributed by atoms with E-state index in [1.54, 1.807) is 9.75 Å². The first-order chi connectivity index (χ1) is 9.35. The normalized spacial score (nSPS) is 13.8. The van der Waals surface area contributed by atoms with Crippen molar-refractivity contribution in [1.82, 2.24) is 0 Å². The molecule has 0 aliphatic heterocycles. The highest BCUT2D eigenvalue weighted by atomic mass is 32.2. The number of nitrogens with zero attached hydrogens (tertiary/aromatic N) is 1. The van der Waals surface area contributed by atoms with Gasteiger partial charge in [0.2, 0.25) is 0 Å². The molecule has 96 valence electrons. The summed E-state index contributed by atoms with van der Waals surface area (Å²) in [6.07, 6.45) is 5.25. The van der Waals surface area contributed by atoms with E-state index < -0.39 is 0 Å². The lowest BCUT2D eigenvalue weighted by Crippen LogP contribution is -1.95. The van der Waals surface area contributed by atoms with E-state index in [1.807, 2.05) is 46.6 Å². The highest BCUT2D eigenvalue weighted by Gasteiger charge is 2.25. The van der Waals surface area contributed by atoms with Gasteiger partial charge in [-0.15, -0.1) is 0 Å². The van der Waals surface area contributed by atoms with Gasteiger partial charge in [0.05, 0.1) is 22.7 Å². The van der Waals surface area contributed by atoms with E-state index in [2.05, 4.69) is 17.5 Å². The quantitative estimate of drug-likeness (QED) is 0.412. The molecule has 0 N–H and O–H groups in total. The summed E-state index contributed by atoms with van der Waals surface area (Å²) in [4.78, 5) is 5.49. The second kappa shape index (κ2) is 6.27. The molecule has 0 saturated carbocycles. The predicted molar refractivity (Wildman–Crippen MR) is 85.3 cm³/mol. The average Bonchev–Trinajstić information content (AvgIpc) is 2.83. The highest BCUT2D eigenvalue weighted by molar-refractivity contribution is 8.04. The molecule has 1 aliphatic rings. The molecule has 5 heteroatoms. The Morgan fingerprint density at radius 2 is 1.84 bits per heavy atom. The van der Waals surface area contributed by atoms with Gasteiger partial charge in [-0.25, -0.2) is 0 Å². The van der Waals surface area contributed by atoms with Crippen LogP contribution in [0.15, 0.2) is 37.6 Å². The molecular weight excluding hydrogens is 310 g/mol. The van der Waals surface area contributed by atoms with Crippen molar-refractivity contribution in [3.63, 3.8) is 0 Å². The van der Waals surface area contributed by atoms with Crippen molar-refractivity contribution in [1.29, 1.82) is 5.26 Å². The zero-order valence-electron chi connectivity index (χ0n) is 10.2. The van der Waals surface area contributed by atoms with Crippen molar-refractivity contribution in [3.05, 3.63) is 34.0 Å². The van der Waals surface area contributed by atoms with Crippen LogP contribution in [-0.4, -0.2) is 0 Å². The molecule has 1 aliphatic carbocycles. The van der Waals surface area contributed by atoms with E-state index in [9.17, 15) is 0 Å². The van der Waals surface area contributed by atoms with Gasteiger partial charge in [-0.3, -0.25) is 0 Å². The summed E-state index contributed by atoms with van der Waals surface area (Å²) in [5.74, 6) is 0. The Balaban J connectivity index is 1.74. The molecule has 0 radical (unpaired) electrons. The van der Waals surface area contributed by atoms with Gasteiger partial charge in [0.15, 0.2) is 0 Å². The lowest BCUT2D eigenvalue weighted by Gasteiger charge is -2.01. The van der Waals surface area contributed by atoms with E-state index in [1.165, 1.54) is 45.9 Å². The van der Waals surface area contributed by atoms with Gasteiger partial charge in [0.1, 0.15) is 15.2 Å². The van der Waals surface area contributed by atoms with Crippen molar-refractivity contribution in [2.45, 2.75) is 39.0 Å². The molecule has 1 heterocycles. The minimum Gasteiger partial charge on any atom is -0.185 e. The smallest absolute Gasteiger partial charge is 0.185 e. The molecule has 3 rings (SSSR count). The summed E-state index contributed by atoms with van der Waals surface area (Å²) >= 11 is 7.00. The lowest BCUT2D eigenvalue weighted by atomic mass is 10.1. The molecule has 0 bridgehead atoms. The van der Waals surface area contributed by atoms with E-state index >= 15 is 0 Å². The average molecular weight is 323 g/mol. The zero-order chi connectivity index (χ0) is 13.1. The summed E-state index contributed by atoms with van der Waals surface area (Å²) in [5, 5.41) is 10.7. The van der Waals surface area contributed by atoms with Crippen LogP contribution in [0.25, 0.3) is 0 Å². The first-order valence-corrected chi connectivity index (χ1v) is 9.40. The predicted octanol–water partition coefficient (Wildman–Crippen LogP) is 5.69. The number of rotatable bonds is 3. The molecule has 0 atom stereocenters. The van der Waals surface area contributed by atoms with Crippen LogP contribution in [-0.2, 0) is 12.8 Å². The Labute approximate surface area is 129 Å². The van der Waals surface area contributed by atoms with Crippen LogP contribution < -0.4 is 0 Å². The Kier molecular flexibility index (Phi) is 4.44. The van der Waals surface area contributed by atoms with Gasteiger partial charge >= 0.3 is 3.52 Å². The summed E-state index contributed by atoms with van der Waals surface area (Å²) < 4.78 is 1.44. The highest BCUT2D eigenvalue weighted by Crippen LogP contribution is 2.42. The van der Waals surface area contributed by atoms with Crippen LogP contribution in [0.2, 0.25) is 0 Å². The molecule has 0 spiro atoms. The van der Waals surface area contributed by atoms with Crippen molar-refractivity contribution >= 4 is 46.2 Å². The maximum Gasteiger partial charge on any atom is 0.317 e. The second-order valence-electron chi connectivity index (χ2n) is 4.27. The number of nitriles is 1. The standard InChI is InChI=1S/C14H12NS4/c15-9-16-10-5-7-11(8-6-10)17-14-18-12-3-1-2-4-13(12)19-14/h5-8H,1-4H2/q+1. The lowest BCUT2D eigenvalue weighted by molar-refractivity contribution is 0.705. The topological polar surface area (TPSA) is 23.8 Å². The fourth-order valence-electron chi connectivity index (χ4n) is 2.05. The number of hydrogen-bond acceptors (Lipinski definition) is 4. The third kappa shape index (κ3) is 3.32. The minimum absolute atomic E-state index is 1.01. The number of benzene rings is 1. The Hall–Kier alpha value is -0.540. The molecule has 19 heavy (non-hydrogen) atoms. The van der Waals surface area contributed by atoms with Crippen molar-refractivity contribution in [2.75, 3.05) is 0 Å². The molecular formula is C14H12NS4+. The van der Waals surface area contributed by atoms with E-state index in [4.69, 9.17) is 5.26 Å². The largest absolute Gasteiger partial charge is 0.317 e. The molecule has 0 saturated heterocycles. The number of fused-ring (bicyclic) bond motifs is 1. The first kappa shape index (κ1) is 13.4. The van der Waals surface area contributed by atoms with Crippen LogP contribution in [0, 0.1) is 10.7 Å². The molecule has 1 nitrogen and oxygen atoms in total. The van der Waals surface area contributed by atoms with Crippen molar-refractivity contribution in [2.24, 2.45) is 0 Å². The third-order valence-electron chi connectivity index (χ3n) is 2.97. The SMILES string of the molecule is N#CSc1ccc(Sc2sc3c([s+]2)CCCC3)cc1. The maximum atomic E-state index is 8.63. The summed E-state index contributed by atoms with van der Waals surface area (Å²) in [6.45, 7) is 0. The van der Waals surface area contributed by atoms with E-state index in [0.717, 1.165) is 4.90 Å². The molecule has 0 amide bonds. The van der Waals surface area contributed by atoms with Gasteiger partial charge in [0, 0.05) is 22.6 Å².